The van der Waals surface area contributed by atoms with E-state index in [0.29, 0.717) is 44.0 Å². The van der Waals surface area contributed by atoms with Gasteiger partial charge in [-0.05, 0) is 74.0 Å². The highest BCUT2D eigenvalue weighted by Gasteiger charge is 2.32. The van der Waals surface area contributed by atoms with Crippen molar-refractivity contribution in [2.24, 2.45) is 0 Å². The van der Waals surface area contributed by atoms with Gasteiger partial charge in [-0.2, -0.15) is 0 Å². The van der Waals surface area contributed by atoms with Crippen LogP contribution in [0.5, 0.6) is 5.75 Å². The van der Waals surface area contributed by atoms with Crippen molar-refractivity contribution in [3.63, 3.8) is 0 Å². The first-order chi connectivity index (χ1) is 25.7. The molecule has 1 aliphatic heterocycles. The number of imidazole rings is 1. The maximum atomic E-state index is 12.9. The van der Waals surface area contributed by atoms with E-state index < -0.39 is 12.3 Å². The molecule has 4 heterocycles. The van der Waals surface area contributed by atoms with Crippen LogP contribution in [0.3, 0.4) is 0 Å². The van der Waals surface area contributed by atoms with Crippen molar-refractivity contribution in [1.29, 1.82) is 0 Å². The predicted molar refractivity (Wildman–Crippen MR) is 198 cm³/mol. The van der Waals surface area contributed by atoms with E-state index >= 15 is 0 Å². The summed E-state index contributed by atoms with van der Waals surface area (Å²) in [7, 11) is 1.35. The summed E-state index contributed by atoms with van der Waals surface area (Å²) in [6, 6.07) is 23.0. The topological polar surface area (TPSA) is 111 Å². The van der Waals surface area contributed by atoms with Crippen LogP contribution in [-0.2, 0) is 4.74 Å². The third-order valence-corrected chi connectivity index (χ3v) is 10.3. The van der Waals surface area contributed by atoms with Gasteiger partial charge in [-0.3, -0.25) is 0 Å². The lowest BCUT2D eigenvalue weighted by Crippen LogP contribution is -2.46. The first-order valence-corrected chi connectivity index (χ1v) is 18.1. The number of alkyl halides is 3. The third-order valence-electron chi connectivity index (χ3n) is 9.47. The van der Waals surface area contributed by atoms with Gasteiger partial charge in [0.1, 0.15) is 17.3 Å². The van der Waals surface area contributed by atoms with Crippen molar-refractivity contribution in [2.45, 2.75) is 32.2 Å². The number of hydrogen-bond donors (Lipinski definition) is 1. The molecule has 8 rings (SSSR count). The maximum absolute atomic E-state index is 12.9. The smallest absolute Gasteiger partial charge is 0.465 e. The van der Waals surface area contributed by atoms with E-state index in [9.17, 15) is 18.0 Å². The van der Waals surface area contributed by atoms with Gasteiger partial charge in [-0.15, -0.1) is 23.4 Å². The number of rotatable bonds is 10. The zero-order valence-corrected chi connectivity index (χ0v) is 29.7. The summed E-state index contributed by atoms with van der Waals surface area (Å²) in [5.41, 5.74) is 6.53. The second-order valence-electron chi connectivity index (χ2n) is 12.9. The van der Waals surface area contributed by atoms with Crippen LogP contribution in [0.1, 0.15) is 36.2 Å². The standard InChI is InChI=1S/C38H35F3N8O3S/c1-3-47-17-19-48(20-18-47)32-22-33-31(43-34(49(33)24-13-14-24)23-11-15-25(16-12-23)52-38(39,40)41)21-30(32)44-37-46-45-35(53-37)29-10-6-9-28(42-29)26-7-4-5-8-27(26)36(50)51-2/h4-12,15-16,21-22,24H,3,13-14,17-20H2,1-2H3,(H,44,46). The van der Waals surface area contributed by atoms with Gasteiger partial charge in [-0.25, -0.2) is 14.8 Å². The second-order valence-corrected chi connectivity index (χ2v) is 13.8. The van der Waals surface area contributed by atoms with Crippen LogP contribution in [0.25, 0.3) is 44.4 Å². The van der Waals surface area contributed by atoms with Crippen molar-refractivity contribution in [3.05, 3.63) is 84.4 Å². The molecular weight excluding hydrogens is 706 g/mol. The summed E-state index contributed by atoms with van der Waals surface area (Å²) in [5.74, 6) is -0.0285. The molecule has 11 nitrogen and oxygen atoms in total. The average molecular weight is 741 g/mol. The molecule has 1 saturated carbocycles. The number of nitrogens with zero attached hydrogens (tertiary/aromatic N) is 7. The number of piperazine rings is 1. The van der Waals surface area contributed by atoms with Gasteiger partial charge in [0.15, 0.2) is 5.01 Å². The lowest BCUT2D eigenvalue weighted by atomic mass is 10.0. The number of pyridine rings is 1. The number of halogens is 3. The fraction of sp³-hybridized carbons (Fsp3) is 0.289. The third kappa shape index (κ3) is 7.26. The molecular formula is C38H35F3N8O3S. The first-order valence-electron chi connectivity index (χ1n) is 17.3. The van der Waals surface area contributed by atoms with Crippen molar-refractivity contribution in [3.8, 4) is 39.1 Å². The molecule has 0 atom stereocenters. The number of fused-ring (bicyclic) bond motifs is 1. The Bertz CT molecular complexity index is 2280. The van der Waals surface area contributed by atoms with Gasteiger partial charge in [0.25, 0.3) is 0 Å². The maximum Gasteiger partial charge on any atom is 0.573 e. The molecule has 0 radical (unpaired) electrons. The summed E-state index contributed by atoms with van der Waals surface area (Å²) < 4.78 is 49.9. The molecule has 2 aliphatic rings. The van der Waals surface area contributed by atoms with Crippen LogP contribution in [0.4, 0.5) is 29.7 Å². The molecule has 272 valence electrons. The van der Waals surface area contributed by atoms with Crippen LogP contribution in [0.15, 0.2) is 78.9 Å². The molecule has 6 aromatic rings. The monoisotopic (exact) mass is 740 g/mol. The molecule has 3 aromatic carbocycles. The number of hydrogen-bond acceptors (Lipinski definition) is 11. The summed E-state index contributed by atoms with van der Waals surface area (Å²) >= 11 is 1.36. The molecule has 53 heavy (non-hydrogen) atoms. The van der Waals surface area contributed by atoms with Crippen LogP contribution >= 0.6 is 11.3 Å². The van der Waals surface area contributed by atoms with E-state index in [1.54, 1.807) is 24.3 Å². The predicted octanol–water partition coefficient (Wildman–Crippen LogP) is 8.19. The van der Waals surface area contributed by atoms with Crippen LogP contribution in [-0.4, -0.2) is 81.8 Å². The van der Waals surface area contributed by atoms with Crippen molar-refractivity contribution < 1.29 is 27.4 Å². The van der Waals surface area contributed by atoms with Crippen LogP contribution in [0, 0.1) is 0 Å². The minimum Gasteiger partial charge on any atom is -0.465 e. The van der Waals surface area contributed by atoms with Gasteiger partial charge in [0, 0.05) is 43.3 Å². The minimum absolute atomic E-state index is 0.248. The van der Waals surface area contributed by atoms with Crippen LogP contribution < -0.4 is 15.0 Å². The van der Waals surface area contributed by atoms with E-state index in [-0.39, 0.29) is 11.8 Å². The molecule has 0 unspecified atom stereocenters. The SMILES string of the molecule is CCN1CCN(c2cc3c(cc2Nc2nnc(-c4cccc(-c5ccccc5C(=O)OC)n4)s2)nc(-c2ccc(OC(F)(F)F)cc2)n3C2CC2)CC1. The summed E-state index contributed by atoms with van der Waals surface area (Å²) in [4.78, 5) is 27.1. The Balaban J connectivity index is 1.15. The number of carbonyl (C=O) groups excluding carboxylic acids is 1. The number of likely N-dealkylation sites (N-methyl/N-ethyl adjacent to an activating group) is 1. The Labute approximate surface area is 307 Å². The number of esters is 1. The Kier molecular flexibility index (Phi) is 9.20. The lowest BCUT2D eigenvalue weighted by molar-refractivity contribution is -0.274. The molecule has 2 fully saturated rings. The van der Waals surface area contributed by atoms with Gasteiger partial charge in [-0.1, -0.05) is 42.5 Å². The van der Waals surface area contributed by atoms with E-state index in [1.165, 1.54) is 30.6 Å². The van der Waals surface area contributed by atoms with Gasteiger partial charge in [0.2, 0.25) is 5.13 Å². The number of nitrogens with one attached hydrogen (secondary N) is 1. The Morgan fingerprint density at radius 1 is 0.925 bits per heavy atom. The van der Waals surface area contributed by atoms with E-state index in [2.05, 4.69) is 47.6 Å². The highest BCUT2D eigenvalue weighted by atomic mass is 32.1. The largest absolute Gasteiger partial charge is 0.573 e. The van der Waals surface area contributed by atoms with Gasteiger partial charge in [0.05, 0.1) is 40.8 Å². The number of methoxy groups -OCH3 is 1. The Morgan fingerprint density at radius 2 is 1.68 bits per heavy atom. The molecule has 1 N–H and O–H groups in total. The van der Waals surface area contributed by atoms with Crippen molar-refractivity contribution in [2.75, 3.05) is 50.1 Å². The highest BCUT2D eigenvalue weighted by molar-refractivity contribution is 7.18. The van der Waals surface area contributed by atoms with Crippen molar-refractivity contribution >= 4 is 44.8 Å². The molecule has 1 aliphatic carbocycles. The second kappa shape index (κ2) is 14.1. The number of benzene rings is 3. The fourth-order valence-electron chi connectivity index (χ4n) is 6.70. The Morgan fingerprint density at radius 3 is 2.40 bits per heavy atom. The van der Waals surface area contributed by atoms with Crippen LogP contribution in [0.2, 0.25) is 0 Å². The summed E-state index contributed by atoms with van der Waals surface area (Å²) in [6.45, 7) is 6.69. The van der Waals surface area contributed by atoms with Gasteiger partial charge >= 0.3 is 12.3 Å². The normalized spacial score (nSPS) is 15.2. The van der Waals surface area contributed by atoms with E-state index in [4.69, 9.17) is 14.7 Å². The Hall–Kier alpha value is -5.54. The van der Waals surface area contributed by atoms with Gasteiger partial charge < -0.3 is 29.2 Å². The molecule has 0 spiro atoms. The zero-order valence-electron chi connectivity index (χ0n) is 28.9. The molecule has 15 heteroatoms. The number of aromatic nitrogens is 5. The van der Waals surface area contributed by atoms with E-state index in [0.717, 1.165) is 68.0 Å². The molecule has 0 bridgehead atoms. The molecule has 3 aromatic heterocycles. The number of anilines is 3. The van der Waals surface area contributed by atoms with E-state index in [1.807, 2.05) is 36.4 Å². The quantitative estimate of drug-likeness (QED) is 0.138. The highest BCUT2D eigenvalue weighted by Crippen LogP contribution is 2.44. The average Bonchev–Trinajstić information content (AvgIpc) is 3.78. The zero-order chi connectivity index (χ0) is 36.7. The number of ether oxygens (including phenoxy) is 2. The van der Waals surface area contributed by atoms with Crippen molar-refractivity contribution in [1.82, 2.24) is 29.6 Å². The first kappa shape index (κ1) is 34.5. The minimum atomic E-state index is -4.77. The molecule has 1 saturated heterocycles. The fourth-order valence-corrected chi connectivity index (χ4v) is 7.43. The summed E-state index contributed by atoms with van der Waals surface area (Å²) in [5, 5.41) is 13.6. The number of carbonyl (C=O) groups is 1. The lowest BCUT2D eigenvalue weighted by Gasteiger charge is -2.36. The summed E-state index contributed by atoms with van der Waals surface area (Å²) in [6.07, 6.45) is -2.78. The molecule has 0 amide bonds.